The molecule has 2 unspecified atom stereocenters. The molecular formula is C27H33FN4O5. The lowest BCUT2D eigenvalue weighted by Crippen LogP contribution is -2.54. The van der Waals surface area contributed by atoms with E-state index >= 15 is 0 Å². The number of rotatable bonds is 4. The summed E-state index contributed by atoms with van der Waals surface area (Å²) in [4.78, 5) is 22.2. The van der Waals surface area contributed by atoms with Crippen LogP contribution in [0, 0.1) is 5.82 Å². The van der Waals surface area contributed by atoms with Crippen molar-refractivity contribution in [1.29, 1.82) is 0 Å². The Kier molecular flexibility index (Phi) is 6.74. The molecule has 2 bridgehead atoms. The maximum Gasteiger partial charge on any atom is 0.256 e. The number of carbonyl (C=O) groups is 1. The molecule has 3 saturated heterocycles. The molecule has 1 aromatic heterocycles. The molecule has 0 aliphatic carbocycles. The largest absolute Gasteiger partial charge is 0.376 e. The summed E-state index contributed by atoms with van der Waals surface area (Å²) >= 11 is 0. The number of amides is 1. The molecule has 2 aromatic rings. The molecule has 1 N–H and O–H groups in total. The van der Waals surface area contributed by atoms with Crippen molar-refractivity contribution in [3.05, 3.63) is 41.8 Å². The molecule has 4 aliphatic rings. The first-order chi connectivity index (χ1) is 17.9. The fraction of sp³-hybridized carbons (Fsp3) is 0.556. The topological polar surface area (TPSA) is 85.4 Å². The predicted octanol–water partition coefficient (Wildman–Crippen LogP) is 3.39. The Bertz CT molecular complexity index is 1140. The van der Waals surface area contributed by atoms with E-state index in [9.17, 15) is 9.18 Å². The van der Waals surface area contributed by atoms with Gasteiger partial charge in [-0.05, 0) is 51.0 Å². The van der Waals surface area contributed by atoms with E-state index in [1.54, 1.807) is 4.90 Å². The lowest BCUT2D eigenvalue weighted by atomic mass is 10.0. The van der Waals surface area contributed by atoms with Crippen molar-refractivity contribution in [3.8, 4) is 0 Å². The van der Waals surface area contributed by atoms with Gasteiger partial charge >= 0.3 is 0 Å². The van der Waals surface area contributed by atoms with E-state index in [1.807, 2.05) is 32.0 Å². The number of ether oxygens (including phenoxy) is 4. The second-order valence-electron chi connectivity index (χ2n) is 10.4. The minimum absolute atomic E-state index is 0.0162. The van der Waals surface area contributed by atoms with Gasteiger partial charge in [0.25, 0.3) is 5.91 Å². The first-order valence-corrected chi connectivity index (χ1v) is 13.0. The lowest BCUT2D eigenvalue weighted by molar-refractivity contribution is -0.144. The van der Waals surface area contributed by atoms with Crippen LogP contribution >= 0.6 is 0 Å². The van der Waals surface area contributed by atoms with Crippen LogP contribution in [0.1, 0.15) is 32.3 Å². The van der Waals surface area contributed by atoms with E-state index < -0.39 is 11.9 Å². The summed E-state index contributed by atoms with van der Waals surface area (Å²) in [5, 5.41) is 3.32. The summed E-state index contributed by atoms with van der Waals surface area (Å²) in [5.74, 6) is -0.0458. The highest BCUT2D eigenvalue weighted by Gasteiger charge is 2.36. The van der Waals surface area contributed by atoms with Crippen LogP contribution in [-0.4, -0.2) is 74.3 Å². The number of hydrogen-bond donors (Lipinski definition) is 1. The molecule has 0 spiro atoms. The molecule has 1 amide bonds. The van der Waals surface area contributed by atoms with Gasteiger partial charge in [-0.3, -0.25) is 4.79 Å². The summed E-state index contributed by atoms with van der Waals surface area (Å²) in [6.45, 7) is 7.15. The molecule has 4 aliphatic heterocycles. The summed E-state index contributed by atoms with van der Waals surface area (Å²) < 4.78 is 37.7. The molecule has 10 heteroatoms. The maximum absolute atomic E-state index is 14.1. The monoisotopic (exact) mass is 512 g/mol. The van der Waals surface area contributed by atoms with E-state index in [1.165, 1.54) is 12.3 Å². The second kappa shape index (κ2) is 10.2. The number of anilines is 4. The zero-order valence-corrected chi connectivity index (χ0v) is 21.2. The van der Waals surface area contributed by atoms with Crippen LogP contribution in [0.4, 0.5) is 27.3 Å². The lowest BCUT2D eigenvalue weighted by Gasteiger charge is -2.42. The third-order valence-corrected chi connectivity index (χ3v) is 7.23. The Labute approximate surface area is 215 Å². The number of carbonyl (C=O) groups excluding carboxylic acids is 1. The highest BCUT2D eigenvalue weighted by Crippen LogP contribution is 2.39. The molecule has 0 saturated carbocycles. The number of nitrogens with zero attached hydrogens (tertiary/aromatic N) is 3. The van der Waals surface area contributed by atoms with E-state index in [4.69, 9.17) is 18.9 Å². The van der Waals surface area contributed by atoms with Crippen LogP contribution in [-0.2, 0) is 30.3 Å². The fourth-order valence-corrected chi connectivity index (χ4v) is 5.58. The number of morpholine rings is 1. The van der Waals surface area contributed by atoms with Crippen LogP contribution in [0.15, 0.2) is 30.5 Å². The van der Waals surface area contributed by atoms with E-state index in [2.05, 4.69) is 15.2 Å². The van der Waals surface area contributed by atoms with Crippen LogP contribution in [0.25, 0.3) is 0 Å². The number of benzene rings is 1. The number of fused-ring (bicyclic) bond motifs is 4. The maximum atomic E-state index is 14.1. The SMILES string of the molecule is CC(C)O[C@H]1CC[C@H](C(=O)N2Cc3cc(F)cnc3Nc3ccc(N4CC5COCC(C4)O5)cc32)OC1. The Balaban J connectivity index is 1.30. The fourth-order valence-electron chi connectivity index (χ4n) is 5.58. The molecular weight excluding hydrogens is 479 g/mol. The summed E-state index contributed by atoms with van der Waals surface area (Å²) in [7, 11) is 0. The molecule has 198 valence electrons. The normalized spacial score (nSPS) is 27.2. The van der Waals surface area contributed by atoms with E-state index in [0.717, 1.165) is 23.5 Å². The van der Waals surface area contributed by atoms with Crippen molar-refractivity contribution >= 4 is 28.8 Å². The van der Waals surface area contributed by atoms with Gasteiger partial charge in [-0.25, -0.2) is 9.37 Å². The van der Waals surface area contributed by atoms with Crippen molar-refractivity contribution in [2.45, 2.75) is 63.8 Å². The summed E-state index contributed by atoms with van der Waals surface area (Å²) in [6.07, 6.45) is 2.04. The molecule has 3 fully saturated rings. The van der Waals surface area contributed by atoms with E-state index in [-0.39, 0.29) is 36.9 Å². The average Bonchev–Trinajstić information content (AvgIpc) is 3.04. The highest BCUT2D eigenvalue weighted by atomic mass is 19.1. The van der Waals surface area contributed by atoms with Crippen molar-refractivity contribution in [2.24, 2.45) is 0 Å². The summed E-state index contributed by atoms with van der Waals surface area (Å²) in [5.41, 5.74) is 3.07. The van der Waals surface area contributed by atoms with E-state index in [0.29, 0.717) is 50.7 Å². The second-order valence-corrected chi connectivity index (χ2v) is 10.4. The Morgan fingerprint density at radius 1 is 1.16 bits per heavy atom. The number of aromatic nitrogens is 1. The zero-order chi connectivity index (χ0) is 25.5. The van der Waals surface area contributed by atoms with Crippen molar-refractivity contribution in [1.82, 2.24) is 4.98 Å². The van der Waals surface area contributed by atoms with Gasteiger partial charge in [-0.1, -0.05) is 0 Å². The number of halogens is 1. The average molecular weight is 513 g/mol. The van der Waals surface area contributed by atoms with Crippen molar-refractivity contribution in [3.63, 3.8) is 0 Å². The Morgan fingerprint density at radius 2 is 1.97 bits per heavy atom. The minimum atomic E-state index is -0.591. The van der Waals surface area contributed by atoms with Gasteiger partial charge < -0.3 is 34.1 Å². The van der Waals surface area contributed by atoms with Gasteiger partial charge in [-0.2, -0.15) is 0 Å². The minimum Gasteiger partial charge on any atom is -0.376 e. The van der Waals surface area contributed by atoms with Crippen molar-refractivity contribution in [2.75, 3.05) is 48.0 Å². The van der Waals surface area contributed by atoms with Crippen molar-refractivity contribution < 1.29 is 28.1 Å². The molecule has 1 aromatic carbocycles. The van der Waals surface area contributed by atoms with Gasteiger partial charge in [0.05, 0.1) is 68.4 Å². The molecule has 5 heterocycles. The third-order valence-electron chi connectivity index (χ3n) is 7.23. The number of hydrogen-bond acceptors (Lipinski definition) is 8. The van der Waals surface area contributed by atoms with Gasteiger partial charge in [-0.15, -0.1) is 0 Å². The Morgan fingerprint density at radius 3 is 2.70 bits per heavy atom. The smallest absolute Gasteiger partial charge is 0.256 e. The van der Waals surface area contributed by atoms with Crippen LogP contribution < -0.4 is 15.1 Å². The Hall–Kier alpha value is -2.79. The van der Waals surface area contributed by atoms with Gasteiger partial charge in [0.2, 0.25) is 0 Å². The zero-order valence-electron chi connectivity index (χ0n) is 21.2. The molecule has 9 nitrogen and oxygen atoms in total. The highest BCUT2D eigenvalue weighted by molar-refractivity contribution is 6.01. The molecule has 4 atom stereocenters. The third kappa shape index (κ3) is 5.16. The standard InChI is InChI=1S/C27H33FN4O5/c1-16(2)36-20-4-6-25(35-15-20)27(33)32-10-17-7-18(28)9-29-26(17)30-23-5-3-19(8-24(23)32)31-11-21-13-34-14-22(12-31)37-21/h3,5,7-9,16,20-22,25H,4,6,10-15H2,1-2H3,(H,29,30)/t20-,21?,22?,25+/m0/s1. The number of nitrogens with one attached hydrogen (secondary N) is 1. The predicted molar refractivity (Wildman–Crippen MR) is 136 cm³/mol. The summed E-state index contributed by atoms with van der Waals surface area (Å²) in [6, 6.07) is 7.45. The molecule has 6 rings (SSSR count). The van der Waals surface area contributed by atoms with Crippen LogP contribution in [0.5, 0.6) is 0 Å². The van der Waals surface area contributed by atoms with Crippen LogP contribution in [0.2, 0.25) is 0 Å². The quantitative estimate of drug-likeness (QED) is 0.668. The molecule has 37 heavy (non-hydrogen) atoms. The number of pyridine rings is 1. The first kappa shape index (κ1) is 24.5. The van der Waals surface area contributed by atoms with Gasteiger partial charge in [0.1, 0.15) is 17.7 Å². The van der Waals surface area contributed by atoms with Gasteiger partial charge in [0, 0.05) is 24.3 Å². The first-order valence-electron chi connectivity index (χ1n) is 13.0. The van der Waals surface area contributed by atoms with Gasteiger partial charge in [0.15, 0.2) is 0 Å². The van der Waals surface area contributed by atoms with Crippen LogP contribution in [0.3, 0.4) is 0 Å². The molecule has 0 radical (unpaired) electrons.